The molecule has 0 aromatic heterocycles. The van der Waals surface area contributed by atoms with Crippen LogP contribution in [0, 0.1) is 11.0 Å². The fourth-order valence-electron chi connectivity index (χ4n) is 6.32. The molecule has 290 valence electrons. The highest BCUT2D eigenvalue weighted by molar-refractivity contribution is 7.86. The number of nitrogens with one attached hydrogen (secondary N) is 2. The first-order valence-corrected chi connectivity index (χ1v) is 18.1. The van der Waals surface area contributed by atoms with Crippen molar-refractivity contribution in [1.29, 1.82) is 11.0 Å². The number of rotatable bonds is 9. The zero-order valence-electron chi connectivity index (χ0n) is 29.5. The number of nitrogen functional groups attached to an aromatic ring is 2. The number of hydrogen-bond donors (Lipinski definition) is 6. The molecule has 6 rings (SSSR count). The Balaban J connectivity index is 1.69. The van der Waals surface area contributed by atoms with E-state index in [1.165, 1.54) is 48.5 Å². The minimum absolute atomic E-state index is 0.00525. The van der Waals surface area contributed by atoms with Gasteiger partial charge in [0.15, 0.2) is 0 Å². The number of nitrogens with two attached hydrogens (primary N) is 2. The molecule has 6 aromatic rings. The van der Waals surface area contributed by atoms with E-state index in [1.807, 2.05) is 0 Å². The molecule has 0 aliphatic carbocycles. The number of alkyl halides is 6. The van der Waals surface area contributed by atoms with Crippen molar-refractivity contribution in [3.05, 3.63) is 84.9 Å². The van der Waals surface area contributed by atoms with Gasteiger partial charge in [-0.1, -0.05) is 60.7 Å². The summed E-state index contributed by atoms with van der Waals surface area (Å²) in [6.07, 6.45) is -11.0. The number of ether oxygens (including phenoxy) is 2. The molecule has 56 heavy (non-hydrogen) atoms. The Morgan fingerprint density at radius 3 is 1.23 bits per heavy atom. The van der Waals surface area contributed by atoms with E-state index >= 15 is 0 Å². The van der Waals surface area contributed by atoms with Gasteiger partial charge in [-0.3, -0.25) is 9.11 Å². The molecule has 0 fully saturated rings. The van der Waals surface area contributed by atoms with Gasteiger partial charge in [-0.2, -0.15) is 27.1 Å². The highest BCUT2D eigenvalue weighted by Gasteiger charge is 2.37. The summed E-state index contributed by atoms with van der Waals surface area (Å²) >= 11 is 0. The monoisotopic (exact) mass is 820 g/mol. The first-order valence-electron chi connectivity index (χ1n) is 16.1. The molecule has 22 heteroatoms. The summed E-state index contributed by atoms with van der Waals surface area (Å²) in [5.74, 6) is -2.30. The lowest BCUT2D eigenvalue weighted by Gasteiger charge is -2.21. The van der Waals surface area contributed by atoms with Crippen molar-refractivity contribution in [2.24, 2.45) is 10.2 Å². The molecule has 8 N–H and O–H groups in total. The van der Waals surface area contributed by atoms with E-state index in [1.54, 1.807) is 0 Å². The van der Waals surface area contributed by atoms with Gasteiger partial charge in [0.2, 0.25) is 2.82 Å². The summed E-state index contributed by atoms with van der Waals surface area (Å²) in [4.78, 5) is -2.31. The lowest BCUT2D eigenvalue weighted by molar-refractivity contribution is -0.275. The molecular weight excluding hydrogens is 799 g/mol. The maximum atomic E-state index is 14.0. The predicted molar refractivity (Wildman–Crippen MR) is 189 cm³/mol. The second-order valence-corrected chi connectivity index (χ2v) is 14.4. The molecule has 0 amide bonds. The Morgan fingerprint density at radius 1 is 0.589 bits per heavy atom. The van der Waals surface area contributed by atoms with Crippen LogP contribution in [0.1, 0.15) is 0 Å². The van der Waals surface area contributed by atoms with Crippen molar-refractivity contribution in [3.8, 4) is 44.9 Å². The number of benzene rings is 6. The van der Waals surface area contributed by atoms with Gasteiger partial charge in [-0.15, -0.1) is 26.3 Å². The van der Waals surface area contributed by atoms with Crippen LogP contribution in [-0.2, 0) is 20.2 Å². The predicted octanol–water partition coefficient (Wildman–Crippen LogP) is 9.77. The first kappa shape index (κ1) is 36.6. The van der Waals surface area contributed by atoms with Crippen molar-refractivity contribution < 1.29 is 64.6 Å². The van der Waals surface area contributed by atoms with Crippen LogP contribution in [0.4, 0.5) is 49.1 Å². The fraction of sp³-hybridized carbons (Fsp3) is 0.0588. The van der Waals surface area contributed by atoms with Gasteiger partial charge in [0.1, 0.15) is 32.7 Å². The Labute approximate surface area is 313 Å². The SMILES string of the molecule is [H]/N=N/c1c(S(=O)(=O)O)c(-c2ccc(-c3ccc(-c4c(S(=O)(=O)O)c(/N=N/[H])c(N)c5ccccc45)c(OC(F)(F)F)c3)cc2OC(F)(F)F)c2ccccc2c1N. The molecule has 0 bridgehead atoms. The topological polar surface area (TPSA) is 252 Å². The Morgan fingerprint density at radius 2 is 0.929 bits per heavy atom. The van der Waals surface area contributed by atoms with Gasteiger partial charge in [0.25, 0.3) is 20.2 Å². The van der Waals surface area contributed by atoms with E-state index in [0.29, 0.717) is 12.1 Å². The van der Waals surface area contributed by atoms with Crippen LogP contribution in [0.25, 0.3) is 54.9 Å². The van der Waals surface area contributed by atoms with Crippen molar-refractivity contribution in [1.82, 2.24) is 0 Å². The Hall–Kier alpha value is -6.36. The van der Waals surface area contributed by atoms with Crippen LogP contribution >= 0.6 is 0 Å². The Bertz CT molecular complexity index is 2750. The van der Waals surface area contributed by atoms with Gasteiger partial charge < -0.3 is 20.9 Å². The van der Waals surface area contributed by atoms with E-state index < -0.39 is 99.3 Å². The van der Waals surface area contributed by atoms with Gasteiger partial charge in [-0.25, -0.2) is 11.0 Å². The number of anilines is 2. The number of hydrogen-bond acceptors (Lipinski definition) is 12. The maximum Gasteiger partial charge on any atom is 0.573 e. The zero-order chi connectivity index (χ0) is 42.5. The highest BCUT2D eigenvalue weighted by Crippen LogP contribution is 2.51. The van der Waals surface area contributed by atoms with Crippen LogP contribution in [0.2, 0.25) is 2.82 Å². The third kappa shape index (κ3) is 7.24. The van der Waals surface area contributed by atoms with Crippen molar-refractivity contribution in [2.45, 2.75) is 22.5 Å². The Kier molecular flexibility index (Phi) is 8.98. The summed E-state index contributed by atoms with van der Waals surface area (Å²) in [5, 5.41) is 6.50. The maximum absolute atomic E-state index is 14.0. The third-order valence-corrected chi connectivity index (χ3v) is 10.2. The second kappa shape index (κ2) is 13.7. The summed E-state index contributed by atoms with van der Waals surface area (Å²) in [7, 11) is -10.9. The van der Waals surface area contributed by atoms with Gasteiger partial charge in [-0.05, 0) is 46.2 Å². The van der Waals surface area contributed by atoms with Crippen molar-refractivity contribution in [3.63, 3.8) is 0 Å². The molecule has 0 aliphatic rings. The standard InChI is InChI=1S/C34H22F6N6O8S2/c35-33(36,37)53-23-13-15(9-11-21(23)25-17-5-1-3-7-19(17)27(41)29(45-43)31(25)55(47,48)49)16-10-12-22(24(14-16)54-34(38,39)40)26-18-6-2-4-8-20(18)28(42)30(46-44)32(26)56(50,51)52/h1-14,43-44H,41-42H2,(H,47,48,49)(H,50,51,52)/b45-43+,46-44+. The minimum atomic E-state index is -5.48. The highest BCUT2D eigenvalue weighted by atomic mass is 32.2. The number of fused-ring (bicyclic) bond motifs is 2. The minimum Gasteiger partial charge on any atom is -0.405 e. The summed E-state index contributed by atoms with van der Waals surface area (Å²) in [6, 6.07) is 16.0. The largest absolute Gasteiger partial charge is 0.573 e. The second-order valence-electron chi connectivity index (χ2n) is 11.7. The van der Waals surface area contributed by atoms with Crippen LogP contribution in [0.5, 0.6) is 11.5 Å². The molecule has 0 saturated heterocycles. The van der Waals surface area contributed by atoms with Gasteiger partial charge in [0, 0.05) is 33.0 Å². The average Bonchev–Trinajstić information content (AvgIpc) is 3.12. The lowest BCUT2D eigenvalue weighted by Crippen LogP contribution is -2.18. The quantitative estimate of drug-likeness (QED) is 0.0348. The smallest absolute Gasteiger partial charge is 0.405 e. The molecule has 0 saturated carbocycles. The molecule has 0 unspecified atom stereocenters. The summed E-state index contributed by atoms with van der Waals surface area (Å²) in [5.41, 5.74) is 12.1. The molecule has 0 radical (unpaired) electrons. The van der Waals surface area contributed by atoms with E-state index in [-0.39, 0.29) is 32.7 Å². The van der Waals surface area contributed by atoms with Gasteiger partial charge >= 0.3 is 12.7 Å². The summed E-state index contributed by atoms with van der Waals surface area (Å²) in [6.45, 7) is 0. The fourth-order valence-corrected chi connectivity index (χ4v) is 8.07. The van der Waals surface area contributed by atoms with Crippen molar-refractivity contribution >= 4 is 64.5 Å². The van der Waals surface area contributed by atoms with Crippen LogP contribution in [-0.4, -0.2) is 38.7 Å². The molecule has 0 spiro atoms. The van der Waals surface area contributed by atoms with E-state index in [0.717, 1.165) is 24.3 Å². The third-order valence-electron chi connectivity index (χ3n) is 8.37. The number of halogens is 6. The molecule has 0 heterocycles. The average molecular weight is 821 g/mol. The molecular formula is C34H22F6N6O8S2. The molecule has 0 atom stereocenters. The van der Waals surface area contributed by atoms with Crippen LogP contribution in [0.3, 0.4) is 0 Å². The van der Waals surface area contributed by atoms with E-state index in [2.05, 4.69) is 30.8 Å². The lowest BCUT2D eigenvalue weighted by atomic mass is 9.92. The van der Waals surface area contributed by atoms with E-state index in [9.17, 15) is 52.3 Å². The van der Waals surface area contributed by atoms with Gasteiger partial charge in [0.05, 0.1) is 11.4 Å². The molecule has 0 aliphatic heterocycles. The molecule has 14 nitrogen and oxygen atoms in total. The molecule has 6 aromatic carbocycles. The van der Waals surface area contributed by atoms with Crippen LogP contribution in [0.15, 0.2) is 105 Å². The van der Waals surface area contributed by atoms with Crippen molar-refractivity contribution in [2.75, 3.05) is 11.5 Å². The first-order chi connectivity index (χ1) is 27.1. The normalized spacial score (nSPS) is 13.4. The van der Waals surface area contributed by atoms with E-state index in [4.69, 9.17) is 14.3 Å². The number of nitrogens with zero attached hydrogens (tertiary/aromatic N) is 2. The van der Waals surface area contributed by atoms with Crippen LogP contribution < -0.4 is 20.9 Å². The zero-order valence-corrected chi connectivity index (χ0v) is 29.1. The summed E-state index contributed by atoms with van der Waals surface area (Å²) < 4.78 is 179.